The first kappa shape index (κ1) is 13.1. The molecule has 1 aromatic rings. The van der Waals surface area contributed by atoms with Gasteiger partial charge in [-0.25, -0.2) is 0 Å². The molecular formula is C15H20O3. The minimum Gasteiger partial charge on any atom is -0.496 e. The molecule has 0 aromatic heterocycles. The van der Waals surface area contributed by atoms with E-state index in [0.717, 1.165) is 18.4 Å². The Hall–Kier alpha value is -1.35. The van der Waals surface area contributed by atoms with Crippen LogP contribution in [-0.2, 0) is 4.74 Å². The van der Waals surface area contributed by atoms with Crippen molar-refractivity contribution in [1.82, 2.24) is 0 Å². The number of aryl methyl sites for hydroxylation is 1. The van der Waals surface area contributed by atoms with Crippen molar-refractivity contribution in [3.63, 3.8) is 0 Å². The normalized spacial score (nSPS) is 23.1. The van der Waals surface area contributed by atoms with Crippen molar-refractivity contribution < 1.29 is 14.3 Å². The van der Waals surface area contributed by atoms with Gasteiger partial charge in [0.15, 0.2) is 5.78 Å². The zero-order valence-corrected chi connectivity index (χ0v) is 11.2. The van der Waals surface area contributed by atoms with Gasteiger partial charge in [-0.2, -0.15) is 0 Å². The number of hydrogen-bond acceptors (Lipinski definition) is 3. The Morgan fingerprint density at radius 1 is 1.50 bits per heavy atom. The van der Waals surface area contributed by atoms with E-state index < -0.39 is 0 Å². The van der Waals surface area contributed by atoms with Crippen molar-refractivity contribution in [2.24, 2.45) is 5.92 Å². The van der Waals surface area contributed by atoms with Gasteiger partial charge in [0, 0.05) is 6.61 Å². The van der Waals surface area contributed by atoms with E-state index in [0.29, 0.717) is 17.9 Å². The summed E-state index contributed by atoms with van der Waals surface area (Å²) in [6, 6.07) is 5.73. The largest absolute Gasteiger partial charge is 0.496 e. The summed E-state index contributed by atoms with van der Waals surface area (Å²) in [7, 11) is 1.60. The molecule has 1 aromatic carbocycles. The number of benzene rings is 1. The Morgan fingerprint density at radius 3 is 2.94 bits per heavy atom. The molecule has 3 nitrogen and oxygen atoms in total. The molecular weight excluding hydrogens is 228 g/mol. The number of ether oxygens (including phenoxy) is 2. The maximum atomic E-state index is 12.6. The number of Topliss-reactive ketones (excluding diaryl/α,β-unsaturated/α-hetero) is 1. The van der Waals surface area contributed by atoms with Gasteiger partial charge in [0.1, 0.15) is 5.75 Å². The van der Waals surface area contributed by atoms with Gasteiger partial charge in [-0.15, -0.1) is 0 Å². The van der Waals surface area contributed by atoms with Gasteiger partial charge in [0.2, 0.25) is 0 Å². The predicted octanol–water partition coefficient (Wildman–Crippen LogP) is 3.00. The molecule has 0 spiro atoms. The van der Waals surface area contributed by atoms with Gasteiger partial charge in [-0.1, -0.05) is 18.6 Å². The highest BCUT2D eigenvalue weighted by atomic mass is 16.5. The monoisotopic (exact) mass is 248 g/mol. The van der Waals surface area contributed by atoms with Crippen LogP contribution < -0.4 is 4.74 Å². The summed E-state index contributed by atoms with van der Waals surface area (Å²) in [6.07, 6.45) is 1.75. The molecule has 2 rings (SSSR count). The van der Waals surface area contributed by atoms with Crippen LogP contribution in [0.15, 0.2) is 18.2 Å². The lowest BCUT2D eigenvalue weighted by Gasteiger charge is -2.17. The Labute approximate surface area is 108 Å². The molecule has 2 atom stereocenters. The zero-order chi connectivity index (χ0) is 13.1. The van der Waals surface area contributed by atoms with Gasteiger partial charge < -0.3 is 9.47 Å². The summed E-state index contributed by atoms with van der Waals surface area (Å²) in [6.45, 7) is 4.73. The fourth-order valence-electron chi connectivity index (χ4n) is 2.56. The number of methoxy groups -OCH3 is 1. The Kier molecular flexibility index (Phi) is 4.02. The Morgan fingerprint density at radius 2 is 2.28 bits per heavy atom. The molecule has 98 valence electrons. The number of carbonyl (C=O) groups excluding carboxylic acids is 1. The van der Waals surface area contributed by atoms with Crippen molar-refractivity contribution in [1.29, 1.82) is 0 Å². The summed E-state index contributed by atoms with van der Waals surface area (Å²) >= 11 is 0. The molecule has 0 bridgehead atoms. The Balaban J connectivity index is 2.30. The molecule has 0 radical (unpaired) electrons. The van der Waals surface area contributed by atoms with E-state index in [2.05, 4.69) is 6.92 Å². The smallest absolute Gasteiger partial charge is 0.172 e. The lowest BCUT2D eigenvalue weighted by atomic mass is 9.89. The fraction of sp³-hybridized carbons (Fsp3) is 0.533. The molecule has 0 aliphatic carbocycles. The lowest BCUT2D eigenvalue weighted by Crippen LogP contribution is -2.24. The van der Waals surface area contributed by atoms with E-state index in [9.17, 15) is 4.79 Å². The highest BCUT2D eigenvalue weighted by Gasteiger charge is 2.34. The summed E-state index contributed by atoms with van der Waals surface area (Å²) in [5.41, 5.74) is 1.76. The molecule has 18 heavy (non-hydrogen) atoms. The van der Waals surface area contributed by atoms with Gasteiger partial charge in [0.05, 0.1) is 24.7 Å². The van der Waals surface area contributed by atoms with Gasteiger partial charge in [-0.3, -0.25) is 4.79 Å². The van der Waals surface area contributed by atoms with Crippen LogP contribution in [0.25, 0.3) is 0 Å². The van der Waals surface area contributed by atoms with Crippen molar-refractivity contribution >= 4 is 5.78 Å². The topological polar surface area (TPSA) is 35.5 Å². The van der Waals surface area contributed by atoms with E-state index in [4.69, 9.17) is 9.47 Å². The number of ketones is 1. The molecule has 0 saturated carbocycles. The van der Waals surface area contributed by atoms with Crippen molar-refractivity contribution in [3.8, 4) is 5.75 Å². The third-order valence-corrected chi connectivity index (χ3v) is 3.57. The van der Waals surface area contributed by atoms with E-state index >= 15 is 0 Å². The molecule has 1 aliphatic heterocycles. The van der Waals surface area contributed by atoms with Crippen molar-refractivity contribution in [2.75, 3.05) is 13.7 Å². The third-order valence-electron chi connectivity index (χ3n) is 3.57. The van der Waals surface area contributed by atoms with Crippen LogP contribution in [0, 0.1) is 12.8 Å². The van der Waals surface area contributed by atoms with E-state index in [1.54, 1.807) is 7.11 Å². The second kappa shape index (κ2) is 5.53. The minimum atomic E-state index is -0.0225. The number of carbonyl (C=O) groups is 1. The standard InChI is InChI=1S/C15H20O3/c1-4-13-11(7-8-18-13)15(16)12-9-10(2)5-6-14(12)17-3/h5-6,9,11,13H,4,7-8H2,1-3H3. The molecule has 1 fully saturated rings. The van der Waals surface area contributed by atoms with Crippen LogP contribution >= 0.6 is 0 Å². The molecule has 1 heterocycles. The second-order valence-electron chi connectivity index (χ2n) is 4.78. The highest BCUT2D eigenvalue weighted by molar-refractivity contribution is 6.01. The third kappa shape index (κ3) is 2.41. The van der Waals surface area contributed by atoms with Crippen LogP contribution in [0.4, 0.5) is 0 Å². The van der Waals surface area contributed by atoms with Gasteiger partial charge in [-0.05, 0) is 31.9 Å². The average Bonchev–Trinajstić information content (AvgIpc) is 2.86. The molecule has 0 amide bonds. The van der Waals surface area contributed by atoms with Crippen LogP contribution in [0.5, 0.6) is 5.75 Å². The fourth-order valence-corrected chi connectivity index (χ4v) is 2.56. The molecule has 2 unspecified atom stereocenters. The van der Waals surface area contributed by atoms with E-state index in [1.807, 2.05) is 25.1 Å². The van der Waals surface area contributed by atoms with Crippen LogP contribution in [0.2, 0.25) is 0 Å². The SMILES string of the molecule is CCC1OCCC1C(=O)c1cc(C)ccc1OC. The molecule has 3 heteroatoms. The van der Waals surface area contributed by atoms with E-state index in [1.165, 1.54) is 0 Å². The maximum absolute atomic E-state index is 12.6. The van der Waals surface area contributed by atoms with Gasteiger partial charge in [0.25, 0.3) is 0 Å². The number of hydrogen-bond donors (Lipinski definition) is 0. The van der Waals surface area contributed by atoms with Crippen LogP contribution in [0.3, 0.4) is 0 Å². The lowest BCUT2D eigenvalue weighted by molar-refractivity contribution is 0.0687. The maximum Gasteiger partial charge on any atom is 0.172 e. The Bertz CT molecular complexity index is 439. The second-order valence-corrected chi connectivity index (χ2v) is 4.78. The first-order valence-corrected chi connectivity index (χ1v) is 6.47. The average molecular weight is 248 g/mol. The van der Waals surface area contributed by atoms with E-state index in [-0.39, 0.29) is 17.8 Å². The quantitative estimate of drug-likeness (QED) is 0.768. The molecule has 0 N–H and O–H groups in total. The first-order valence-electron chi connectivity index (χ1n) is 6.47. The van der Waals surface area contributed by atoms with Crippen molar-refractivity contribution in [3.05, 3.63) is 29.3 Å². The van der Waals surface area contributed by atoms with Crippen molar-refractivity contribution in [2.45, 2.75) is 32.8 Å². The number of rotatable bonds is 4. The summed E-state index contributed by atoms with van der Waals surface area (Å²) in [4.78, 5) is 12.6. The molecule has 1 saturated heterocycles. The van der Waals surface area contributed by atoms with Crippen LogP contribution in [-0.4, -0.2) is 25.6 Å². The summed E-state index contributed by atoms with van der Waals surface area (Å²) in [5.74, 6) is 0.790. The molecule has 1 aliphatic rings. The van der Waals surface area contributed by atoms with Crippen LogP contribution in [0.1, 0.15) is 35.7 Å². The first-order chi connectivity index (χ1) is 8.67. The predicted molar refractivity (Wildman–Crippen MR) is 70.2 cm³/mol. The minimum absolute atomic E-state index is 0.0225. The van der Waals surface area contributed by atoms with Gasteiger partial charge >= 0.3 is 0 Å². The highest BCUT2D eigenvalue weighted by Crippen LogP contribution is 2.30. The zero-order valence-electron chi connectivity index (χ0n) is 11.2. The summed E-state index contributed by atoms with van der Waals surface area (Å²) < 4.78 is 10.9. The summed E-state index contributed by atoms with van der Waals surface area (Å²) in [5, 5.41) is 0.